The molecule has 0 heterocycles. The van der Waals surface area contributed by atoms with Crippen LogP contribution in [0.2, 0.25) is 0 Å². The molecule has 2 rings (SSSR count). The van der Waals surface area contributed by atoms with Gasteiger partial charge in [0.1, 0.15) is 0 Å². The molecule has 21 heavy (non-hydrogen) atoms. The van der Waals surface area contributed by atoms with Crippen molar-refractivity contribution >= 4 is 17.5 Å². The molecule has 1 atom stereocenters. The van der Waals surface area contributed by atoms with Gasteiger partial charge in [-0.2, -0.15) is 0 Å². The standard InChI is InChI=1S/C17H22N2O2/c1-19(15-10-6-3-7-11-15)16(20)12-13-18-17(21)14-8-4-2-5-9-14/h2-4,6-7,10-11,14H,5,8-9,12-13H2,1H3,(H,18,21)/t14-/m0/s1. The van der Waals surface area contributed by atoms with Gasteiger partial charge in [0, 0.05) is 31.6 Å². The van der Waals surface area contributed by atoms with Gasteiger partial charge in [0.25, 0.3) is 0 Å². The highest BCUT2D eigenvalue weighted by molar-refractivity contribution is 5.93. The maximum Gasteiger partial charge on any atom is 0.228 e. The summed E-state index contributed by atoms with van der Waals surface area (Å²) in [7, 11) is 1.76. The molecule has 0 aromatic heterocycles. The quantitative estimate of drug-likeness (QED) is 0.846. The van der Waals surface area contributed by atoms with E-state index in [1.54, 1.807) is 11.9 Å². The number of rotatable bonds is 5. The van der Waals surface area contributed by atoms with E-state index >= 15 is 0 Å². The normalized spacial score (nSPS) is 17.3. The molecule has 0 aliphatic heterocycles. The number of nitrogens with zero attached hydrogens (tertiary/aromatic N) is 1. The van der Waals surface area contributed by atoms with Gasteiger partial charge < -0.3 is 10.2 Å². The Bertz CT molecular complexity index is 511. The summed E-state index contributed by atoms with van der Waals surface area (Å²) >= 11 is 0. The number of carbonyl (C=O) groups is 2. The van der Waals surface area contributed by atoms with E-state index in [1.807, 2.05) is 30.3 Å². The molecule has 4 heteroatoms. The summed E-state index contributed by atoms with van der Waals surface area (Å²) in [4.78, 5) is 25.6. The molecule has 2 amide bonds. The van der Waals surface area contributed by atoms with Gasteiger partial charge in [0.2, 0.25) is 11.8 Å². The fourth-order valence-corrected chi connectivity index (χ4v) is 2.43. The van der Waals surface area contributed by atoms with Gasteiger partial charge in [-0.3, -0.25) is 9.59 Å². The van der Waals surface area contributed by atoms with Crippen LogP contribution in [0.3, 0.4) is 0 Å². The van der Waals surface area contributed by atoms with Crippen molar-refractivity contribution in [2.24, 2.45) is 5.92 Å². The third-order valence-electron chi connectivity index (χ3n) is 3.80. The van der Waals surface area contributed by atoms with E-state index in [4.69, 9.17) is 0 Å². The van der Waals surface area contributed by atoms with Crippen LogP contribution in [-0.2, 0) is 9.59 Å². The van der Waals surface area contributed by atoms with E-state index in [0.29, 0.717) is 13.0 Å². The molecule has 0 bridgehead atoms. The Balaban J connectivity index is 1.74. The molecule has 1 aliphatic rings. The molecule has 112 valence electrons. The minimum atomic E-state index is 0.00467. The minimum Gasteiger partial charge on any atom is -0.355 e. The number of para-hydroxylation sites is 1. The first-order valence-electron chi connectivity index (χ1n) is 7.43. The lowest BCUT2D eigenvalue weighted by Gasteiger charge is -2.19. The Hall–Kier alpha value is -2.10. The number of amides is 2. The lowest BCUT2D eigenvalue weighted by atomic mass is 9.94. The molecule has 1 aromatic carbocycles. The number of anilines is 1. The van der Waals surface area contributed by atoms with Gasteiger partial charge in [-0.25, -0.2) is 0 Å². The third-order valence-corrected chi connectivity index (χ3v) is 3.80. The van der Waals surface area contributed by atoms with Gasteiger partial charge in [-0.1, -0.05) is 30.4 Å². The van der Waals surface area contributed by atoms with Crippen molar-refractivity contribution in [3.63, 3.8) is 0 Å². The number of benzene rings is 1. The van der Waals surface area contributed by atoms with E-state index in [-0.39, 0.29) is 17.7 Å². The summed E-state index contributed by atoms with van der Waals surface area (Å²) in [5, 5.41) is 2.87. The monoisotopic (exact) mass is 286 g/mol. The molecular formula is C17H22N2O2. The van der Waals surface area contributed by atoms with E-state index in [0.717, 1.165) is 24.9 Å². The van der Waals surface area contributed by atoms with Gasteiger partial charge >= 0.3 is 0 Å². The Morgan fingerprint density at radius 3 is 2.67 bits per heavy atom. The summed E-state index contributed by atoms with van der Waals surface area (Å²) in [6.07, 6.45) is 7.17. The minimum absolute atomic E-state index is 0.00467. The van der Waals surface area contributed by atoms with Crippen LogP contribution in [0, 0.1) is 5.92 Å². The van der Waals surface area contributed by atoms with Crippen molar-refractivity contribution in [3.8, 4) is 0 Å². The number of hydrogen-bond acceptors (Lipinski definition) is 2. The van der Waals surface area contributed by atoms with Gasteiger partial charge in [-0.05, 0) is 31.4 Å². The maximum absolute atomic E-state index is 12.1. The van der Waals surface area contributed by atoms with Crippen LogP contribution in [0.25, 0.3) is 0 Å². The zero-order valence-electron chi connectivity index (χ0n) is 12.4. The Morgan fingerprint density at radius 1 is 1.24 bits per heavy atom. The first-order valence-corrected chi connectivity index (χ1v) is 7.43. The smallest absolute Gasteiger partial charge is 0.228 e. The second kappa shape index (κ2) is 7.62. The Kier molecular flexibility index (Phi) is 5.55. The highest BCUT2D eigenvalue weighted by atomic mass is 16.2. The number of nitrogens with one attached hydrogen (secondary N) is 1. The lowest BCUT2D eigenvalue weighted by molar-refractivity contribution is -0.125. The van der Waals surface area contributed by atoms with Crippen molar-refractivity contribution in [3.05, 3.63) is 42.5 Å². The Morgan fingerprint density at radius 2 is 2.00 bits per heavy atom. The number of carbonyl (C=O) groups excluding carboxylic acids is 2. The van der Waals surface area contributed by atoms with E-state index in [2.05, 4.69) is 17.5 Å². The molecule has 0 radical (unpaired) electrons. The molecule has 0 saturated carbocycles. The second-order valence-electron chi connectivity index (χ2n) is 5.31. The predicted octanol–water partition coefficient (Wildman–Crippen LogP) is 2.51. The van der Waals surface area contributed by atoms with Crippen LogP contribution in [0.1, 0.15) is 25.7 Å². The molecule has 1 aromatic rings. The fraction of sp³-hybridized carbons (Fsp3) is 0.412. The molecule has 0 fully saturated rings. The lowest BCUT2D eigenvalue weighted by Crippen LogP contribution is -2.35. The zero-order chi connectivity index (χ0) is 15.1. The van der Waals surface area contributed by atoms with Gasteiger partial charge in [-0.15, -0.1) is 0 Å². The average molecular weight is 286 g/mol. The molecule has 0 spiro atoms. The zero-order valence-corrected chi connectivity index (χ0v) is 12.4. The summed E-state index contributed by atoms with van der Waals surface area (Å²) in [5.41, 5.74) is 0.867. The second-order valence-corrected chi connectivity index (χ2v) is 5.31. The topological polar surface area (TPSA) is 49.4 Å². The van der Waals surface area contributed by atoms with Crippen LogP contribution in [0.15, 0.2) is 42.5 Å². The molecule has 1 N–H and O–H groups in total. The number of allylic oxidation sites excluding steroid dienone is 2. The highest BCUT2D eigenvalue weighted by Gasteiger charge is 2.18. The largest absolute Gasteiger partial charge is 0.355 e. The average Bonchev–Trinajstić information content (AvgIpc) is 2.55. The summed E-state index contributed by atoms with van der Waals surface area (Å²) in [6.45, 7) is 0.398. The fourth-order valence-electron chi connectivity index (χ4n) is 2.43. The maximum atomic E-state index is 12.1. The molecule has 0 saturated heterocycles. The predicted molar refractivity (Wildman–Crippen MR) is 84.0 cm³/mol. The summed E-state index contributed by atoms with van der Waals surface area (Å²) in [6, 6.07) is 9.51. The van der Waals surface area contributed by atoms with Crippen molar-refractivity contribution in [2.75, 3.05) is 18.5 Å². The molecule has 1 aliphatic carbocycles. The molecular weight excluding hydrogens is 264 g/mol. The van der Waals surface area contributed by atoms with Crippen molar-refractivity contribution in [1.82, 2.24) is 5.32 Å². The van der Waals surface area contributed by atoms with Crippen LogP contribution >= 0.6 is 0 Å². The van der Waals surface area contributed by atoms with Crippen molar-refractivity contribution in [2.45, 2.75) is 25.7 Å². The Labute approximate surface area is 125 Å². The summed E-state index contributed by atoms with van der Waals surface area (Å²) in [5.74, 6) is 0.136. The van der Waals surface area contributed by atoms with Gasteiger partial charge in [0.15, 0.2) is 0 Å². The van der Waals surface area contributed by atoms with Gasteiger partial charge in [0.05, 0.1) is 0 Å². The van der Waals surface area contributed by atoms with Crippen LogP contribution in [0.5, 0.6) is 0 Å². The van der Waals surface area contributed by atoms with E-state index < -0.39 is 0 Å². The van der Waals surface area contributed by atoms with Crippen LogP contribution < -0.4 is 10.2 Å². The molecule has 0 unspecified atom stereocenters. The highest BCUT2D eigenvalue weighted by Crippen LogP contribution is 2.18. The SMILES string of the molecule is CN(C(=O)CCNC(=O)[C@H]1CC=CCC1)c1ccccc1. The van der Waals surface area contributed by atoms with Crippen molar-refractivity contribution in [1.29, 1.82) is 0 Å². The third kappa shape index (κ3) is 4.45. The van der Waals surface area contributed by atoms with Crippen LogP contribution in [0.4, 0.5) is 5.69 Å². The molecule has 4 nitrogen and oxygen atoms in total. The summed E-state index contributed by atoms with van der Waals surface area (Å²) < 4.78 is 0. The van der Waals surface area contributed by atoms with Crippen molar-refractivity contribution < 1.29 is 9.59 Å². The van der Waals surface area contributed by atoms with E-state index in [9.17, 15) is 9.59 Å². The number of hydrogen-bond donors (Lipinski definition) is 1. The van der Waals surface area contributed by atoms with Crippen LogP contribution in [-0.4, -0.2) is 25.4 Å². The van der Waals surface area contributed by atoms with E-state index in [1.165, 1.54) is 0 Å². The first-order chi connectivity index (χ1) is 10.2. The first kappa shape index (κ1) is 15.3.